The quantitative estimate of drug-likeness (QED) is 0.475. The second-order valence-corrected chi connectivity index (χ2v) is 6.39. The highest BCUT2D eigenvalue weighted by atomic mass is 35.5. The van der Waals surface area contributed by atoms with E-state index in [4.69, 9.17) is 25.8 Å². The molecule has 3 rings (SSSR count). The molecule has 0 spiro atoms. The van der Waals surface area contributed by atoms with Crippen LogP contribution in [0.5, 0.6) is 17.2 Å². The molecule has 0 saturated heterocycles. The molecule has 1 aromatic carbocycles. The monoisotopic (exact) mass is 378 g/mol. The van der Waals surface area contributed by atoms with Gasteiger partial charge in [0.15, 0.2) is 17.5 Å². The van der Waals surface area contributed by atoms with Gasteiger partial charge in [0.05, 0.1) is 18.1 Å². The Kier molecular flexibility index (Phi) is 5.78. The summed E-state index contributed by atoms with van der Waals surface area (Å²) >= 11 is 6.04. The summed E-state index contributed by atoms with van der Waals surface area (Å²) in [6.45, 7) is 2.09. The number of ether oxygens (including phenoxy) is 3. The van der Waals surface area contributed by atoms with Crippen molar-refractivity contribution in [1.82, 2.24) is 14.8 Å². The van der Waals surface area contributed by atoms with Crippen molar-refractivity contribution in [3.8, 4) is 17.2 Å². The summed E-state index contributed by atoms with van der Waals surface area (Å²) in [6, 6.07) is 7.51. The van der Waals surface area contributed by atoms with Gasteiger partial charge in [-0.25, -0.2) is 0 Å². The number of aryl methyl sites for hydroxylation is 1. The van der Waals surface area contributed by atoms with Crippen LogP contribution in [0.15, 0.2) is 35.5 Å². The third-order valence-electron chi connectivity index (χ3n) is 4.04. The van der Waals surface area contributed by atoms with Gasteiger partial charge in [-0.2, -0.15) is 0 Å². The molecule has 1 aliphatic rings. The zero-order chi connectivity index (χ0) is 18.5. The average Bonchev–Trinajstić information content (AvgIpc) is 3.20. The van der Waals surface area contributed by atoms with Crippen molar-refractivity contribution in [3.63, 3.8) is 0 Å². The van der Waals surface area contributed by atoms with E-state index in [1.165, 1.54) is 0 Å². The van der Waals surface area contributed by atoms with Crippen molar-refractivity contribution in [2.24, 2.45) is 12.0 Å². The van der Waals surface area contributed by atoms with E-state index in [0.29, 0.717) is 25.4 Å². The molecule has 1 aromatic heterocycles. The van der Waals surface area contributed by atoms with Crippen LogP contribution in [0.4, 0.5) is 0 Å². The molecule has 7 nitrogen and oxygen atoms in total. The SMILES string of the molecule is CN=C(NCCOc1ccc2c(c1)OCO2)N(C)Cc1cc(Cl)cn1C. The number of guanidine groups is 1. The van der Waals surface area contributed by atoms with E-state index in [0.717, 1.165) is 28.2 Å². The van der Waals surface area contributed by atoms with E-state index in [1.807, 2.05) is 54.0 Å². The molecule has 26 heavy (non-hydrogen) atoms. The predicted molar refractivity (Wildman–Crippen MR) is 101 cm³/mol. The maximum atomic E-state index is 6.04. The highest BCUT2D eigenvalue weighted by Crippen LogP contribution is 2.34. The lowest BCUT2D eigenvalue weighted by Crippen LogP contribution is -2.40. The van der Waals surface area contributed by atoms with Crippen molar-refractivity contribution in [2.75, 3.05) is 34.0 Å². The van der Waals surface area contributed by atoms with Crippen molar-refractivity contribution >= 4 is 17.6 Å². The molecule has 2 heterocycles. The van der Waals surface area contributed by atoms with Gasteiger partial charge in [-0.1, -0.05) is 11.6 Å². The Balaban J connectivity index is 1.46. The van der Waals surface area contributed by atoms with Gasteiger partial charge in [0.1, 0.15) is 12.4 Å². The Morgan fingerprint density at radius 3 is 2.88 bits per heavy atom. The van der Waals surface area contributed by atoms with Crippen LogP contribution in [0.2, 0.25) is 5.02 Å². The minimum Gasteiger partial charge on any atom is -0.492 e. The fourth-order valence-corrected chi connectivity index (χ4v) is 3.00. The number of halogens is 1. The molecule has 0 radical (unpaired) electrons. The van der Waals surface area contributed by atoms with Crippen LogP contribution in [-0.2, 0) is 13.6 Å². The van der Waals surface area contributed by atoms with Crippen LogP contribution in [-0.4, -0.2) is 49.5 Å². The van der Waals surface area contributed by atoms with Gasteiger partial charge in [-0.15, -0.1) is 0 Å². The lowest BCUT2D eigenvalue weighted by Gasteiger charge is -2.22. The molecule has 0 unspecified atom stereocenters. The topological polar surface area (TPSA) is 60.3 Å². The minimum atomic E-state index is 0.259. The standard InChI is InChI=1S/C18H23ClN4O3/c1-20-18(23(3)11-14-8-13(19)10-22(14)2)21-6-7-24-15-4-5-16-17(9-15)26-12-25-16/h4-5,8-10H,6-7,11-12H2,1-3H3,(H,20,21). The van der Waals surface area contributed by atoms with Gasteiger partial charge >= 0.3 is 0 Å². The second kappa shape index (κ2) is 8.23. The third-order valence-corrected chi connectivity index (χ3v) is 4.25. The van der Waals surface area contributed by atoms with Gasteiger partial charge in [0.2, 0.25) is 6.79 Å². The molecule has 0 aliphatic carbocycles. The Morgan fingerprint density at radius 1 is 1.35 bits per heavy atom. The molecule has 0 fully saturated rings. The molecule has 2 aromatic rings. The van der Waals surface area contributed by atoms with E-state index in [9.17, 15) is 0 Å². The number of aromatic nitrogens is 1. The Hall–Kier alpha value is -2.54. The van der Waals surface area contributed by atoms with Gasteiger partial charge in [-0.3, -0.25) is 4.99 Å². The lowest BCUT2D eigenvalue weighted by molar-refractivity contribution is 0.173. The highest BCUT2D eigenvalue weighted by molar-refractivity contribution is 6.30. The van der Waals surface area contributed by atoms with Crippen molar-refractivity contribution in [3.05, 3.63) is 41.2 Å². The number of nitrogens with one attached hydrogen (secondary N) is 1. The van der Waals surface area contributed by atoms with Crippen LogP contribution in [0.3, 0.4) is 0 Å². The van der Waals surface area contributed by atoms with Crippen LogP contribution in [0, 0.1) is 0 Å². The number of hydrogen-bond acceptors (Lipinski definition) is 4. The number of nitrogens with zero attached hydrogens (tertiary/aromatic N) is 3. The normalized spacial score (nSPS) is 13.0. The maximum absolute atomic E-state index is 6.04. The lowest BCUT2D eigenvalue weighted by atomic mass is 10.3. The van der Waals surface area contributed by atoms with E-state index >= 15 is 0 Å². The van der Waals surface area contributed by atoms with Crippen LogP contribution < -0.4 is 19.5 Å². The molecule has 1 aliphatic heterocycles. The smallest absolute Gasteiger partial charge is 0.231 e. The van der Waals surface area contributed by atoms with Crippen LogP contribution in [0.1, 0.15) is 5.69 Å². The zero-order valence-electron chi connectivity index (χ0n) is 15.2. The molecule has 0 amide bonds. The molecular weight excluding hydrogens is 356 g/mol. The Bertz CT molecular complexity index is 791. The molecule has 1 N–H and O–H groups in total. The minimum absolute atomic E-state index is 0.259. The van der Waals surface area contributed by atoms with E-state index < -0.39 is 0 Å². The second-order valence-electron chi connectivity index (χ2n) is 5.95. The van der Waals surface area contributed by atoms with Gasteiger partial charge < -0.3 is 29.0 Å². The molecule has 0 saturated carbocycles. The maximum Gasteiger partial charge on any atom is 0.231 e. The Labute approximate surface area is 158 Å². The summed E-state index contributed by atoms with van der Waals surface area (Å²) in [7, 11) is 5.72. The largest absolute Gasteiger partial charge is 0.492 e. The van der Waals surface area contributed by atoms with Gasteiger partial charge in [-0.05, 0) is 18.2 Å². The zero-order valence-corrected chi connectivity index (χ0v) is 15.9. The Morgan fingerprint density at radius 2 is 2.15 bits per heavy atom. The summed E-state index contributed by atoms with van der Waals surface area (Å²) in [6.07, 6.45) is 1.89. The van der Waals surface area contributed by atoms with Crippen molar-refractivity contribution in [2.45, 2.75) is 6.54 Å². The summed E-state index contributed by atoms with van der Waals surface area (Å²) < 4.78 is 18.4. The van der Waals surface area contributed by atoms with Crippen molar-refractivity contribution in [1.29, 1.82) is 0 Å². The summed E-state index contributed by atoms with van der Waals surface area (Å²) in [5, 5.41) is 4.02. The third kappa shape index (κ3) is 4.35. The first-order valence-electron chi connectivity index (χ1n) is 8.32. The molecule has 0 atom stereocenters. The van der Waals surface area contributed by atoms with Gasteiger partial charge in [0.25, 0.3) is 0 Å². The first-order valence-corrected chi connectivity index (χ1v) is 8.69. The summed E-state index contributed by atoms with van der Waals surface area (Å²) in [5.41, 5.74) is 1.11. The van der Waals surface area contributed by atoms with E-state index in [1.54, 1.807) is 7.05 Å². The number of rotatable bonds is 6. The predicted octanol–water partition coefficient (Wildman–Crippen LogP) is 2.49. The molecule has 8 heteroatoms. The summed E-state index contributed by atoms with van der Waals surface area (Å²) in [5.74, 6) is 3.00. The van der Waals surface area contributed by atoms with Crippen LogP contribution >= 0.6 is 11.6 Å². The van der Waals surface area contributed by atoms with E-state index in [2.05, 4.69) is 10.3 Å². The number of fused-ring (bicyclic) bond motifs is 1. The number of hydrogen-bond donors (Lipinski definition) is 1. The van der Waals surface area contributed by atoms with Crippen molar-refractivity contribution < 1.29 is 14.2 Å². The van der Waals surface area contributed by atoms with E-state index in [-0.39, 0.29) is 6.79 Å². The molecule has 0 bridgehead atoms. The highest BCUT2D eigenvalue weighted by Gasteiger charge is 2.14. The van der Waals surface area contributed by atoms with Crippen LogP contribution in [0.25, 0.3) is 0 Å². The molecule has 140 valence electrons. The fraction of sp³-hybridized carbons (Fsp3) is 0.389. The average molecular weight is 379 g/mol. The molecular formula is C18H23ClN4O3. The number of aliphatic imine (C=N–C) groups is 1. The first-order chi connectivity index (χ1) is 12.6. The van der Waals surface area contributed by atoms with Gasteiger partial charge in [0, 0.05) is 39.1 Å². The summed E-state index contributed by atoms with van der Waals surface area (Å²) in [4.78, 5) is 6.34. The first kappa shape index (κ1) is 18.3. The fourth-order valence-electron chi connectivity index (χ4n) is 2.72. The number of benzene rings is 1.